The Morgan fingerprint density at radius 1 is 1.28 bits per heavy atom. The smallest absolute Gasteiger partial charge is 0.220 e. The van der Waals surface area contributed by atoms with Gasteiger partial charge in [0, 0.05) is 32.2 Å². The molecule has 2 saturated heterocycles. The Balaban J connectivity index is 1.23. The fourth-order valence-electron chi connectivity index (χ4n) is 3.59. The van der Waals surface area contributed by atoms with Gasteiger partial charge in [0.2, 0.25) is 5.91 Å². The van der Waals surface area contributed by atoms with E-state index in [1.54, 1.807) is 0 Å². The molecule has 3 rings (SSSR count). The minimum Gasteiger partial charge on any atom is -0.377 e. The van der Waals surface area contributed by atoms with Crippen molar-refractivity contribution in [1.29, 1.82) is 0 Å². The van der Waals surface area contributed by atoms with Gasteiger partial charge in [-0.3, -0.25) is 9.69 Å². The van der Waals surface area contributed by atoms with Gasteiger partial charge in [0.15, 0.2) is 0 Å². The number of benzene rings is 1. The predicted molar refractivity (Wildman–Crippen MR) is 97.3 cm³/mol. The molecular formula is C20H30N2O3. The quantitative estimate of drug-likeness (QED) is 0.734. The normalized spacial score (nSPS) is 23.8. The Kier molecular flexibility index (Phi) is 7.27. The molecule has 5 nitrogen and oxygen atoms in total. The highest BCUT2D eigenvalue weighted by atomic mass is 16.5. The number of nitrogens with one attached hydrogen (secondary N) is 1. The van der Waals surface area contributed by atoms with Crippen molar-refractivity contribution in [2.75, 3.05) is 32.8 Å². The molecule has 5 heteroatoms. The molecule has 2 aliphatic heterocycles. The Hall–Kier alpha value is -1.43. The molecule has 1 amide bonds. The minimum absolute atomic E-state index is 0.0904. The van der Waals surface area contributed by atoms with Crippen LogP contribution < -0.4 is 5.32 Å². The molecule has 2 aliphatic rings. The van der Waals surface area contributed by atoms with Crippen LogP contribution in [0.25, 0.3) is 0 Å². The molecule has 138 valence electrons. The molecule has 1 aromatic rings. The number of morpholine rings is 1. The third-order valence-corrected chi connectivity index (χ3v) is 5.04. The molecule has 0 saturated carbocycles. The minimum atomic E-state index is 0.0904. The molecule has 25 heavy (non-hydrogen) atoms. The monoisotopic (exact) mass is 346 g/mol. The Bertz CT molecular complexity index is 523. The van der Waals surface area contributed by atoms with Crippen LogP contribution in [-0.2, 0) is 20.9 Å². The summed E-state index contributed by atoms with van der Waals surface area (Å²) in [6.07, 6.45) is 5.25. The van der Waals surface area contributed by atoms with E-state index >= 15 is 0 Å². The first-order chi connectivity index (χ1) is 12.3. The van der Waals surface area contributed by atoms with Gasteiger partial charge in [-0.15, -0.1) is 0 Å². The van der Waals surface area contributed by atoms with Crippen LogP contribution in [0, 0.1) is 0 Å². The summed E-state index contributed by atoms with van der Waals surface area (Å²) in [6, 6.07) is 10.7. The van der Waals surface area contributed by atoms with Gasteiger partial charge < -0.3 is 14.8 Å². The van der Waals surface area contributed by atoms with E-state index in [0.717, 1.165) is 25.1 Å². The van der Waals surface area contributed by atoms with E-state index < -0.39 is 0 Å². The number of nitrogens with zero attached hydrogens (tertiary/aromatic N) is 1. The van der Waals surface area contributed by atoms with Crippen LogP contribution in [0.15, 0.2) is 30.3 Å². The van der Waals surface area contributed by atoms with Crippen LogP contribution >= 0.6 is 0 Å². The zero-order valence-electron chi connectivity index (χ0n) is 15.0. The summed E-state index contributed by atoms with van der Waals surface area (Å²) in [7, 11) is 0. The lowest BCUT2D eigenvalue weighted by molar-refractivity contribution is -0.123. The van der Waals surface area contributed by atoms with E-state index in [0.29, 0.717) is 32.2 Å². The van der Waals surface area contributed by atoms with E-state index in [-0.39, 0.29) is 12.0 Å². The molecule has 0 aromatic heterocycles. The fourth-order valence-corrected chi connectivity index (χ4v) is 3.59. The SMILES string of the molecule is O=C(CCCOCc1ccccc1)NC[C@H]1CN2CCCC[C@@H]2CO1. The Labute approximate surface area is 150 Å². The number of piperidine rings is 1. The van der Waals surface area contributed by atoms with Crippen LogP contribution in [-0.4, -0.2) is 55.8 Å². The predicted octanol–water partition coefficient (Wildman–Crippen LogP) is 2.35. The van der Waals surface area contributed by atoms with Gasteiger partial charge in [-0.05, 0) is 31.4 Å². The summed E-state index contributed by atoms with van der Waals surface area (Å²) in [4.78, 5) is 14.5. The van der Waals surface area contributed by atoms with Gasteiger partial charge in [0.1, 0.15) is 0 Å². The maximum absolute atomic E-state index is 12.0. The topological polar surface area (TPSA) is 50.8 Å². The highest BCUT2D eigenvalue weighted by molar-refractivity contribution is 5.75. The second-order valence-corrected chi connectivity index (χ2v) is 7.05. The Morgan fingerprint density at radius 2 is 2.16 bits per heavy atom. The number of hydrogen-bond donors (Lipinski definition) is 1. The van der Waals surface area contributed by atoms with Gasteiger partial charge in [0.25, 0.3) is 0 Å². The molecule has 0 radical (unpaired) electrons. The van der Waals surface area contributed by atoms with Crippen LogP contribution in [0.2, 0.25) is 0 Å². The lowest BCUT2D eigenvalue weighted by Gasteiger charge is -2.42. The first kappa shape index (κ1) is 18.4. The summed E-state index contributed by atoms with van der Waals surface area (Å²) < 4.78 is 11.5. The van der Waals surface area contributed by atoms with Crippen molar-refractivity contribution in [3.8, 4) is 0 Å². The molecule has 1 aromatic carbocycles. The number of fused-ring (bicyclic) bond motifs is 1. The summed E-state index contributed by atoms with van der Waals surface area (Å²) in [5.74, 6) is 0.0904. The van der Waals surface area contributed by atoms with Crippen LogP contribution in [0.1, 0.15) is 37.7 Å². The number of amides is 1. The highest BCUT2D eigenvalue weighted by Gasteiger charge is 2.30. The zero-order chi connectivity index (χ0) is 17.3. The first-order valence-corrected chi connectivity index (χ1v) is 9.55. The third-order valence-electron chi connectivity index (χ3n) is 5.04. The van der Waals surface area contributed by atoms with Crippen molar-refractivity contribution in [3.05, 3.63) is 35.9 Å². The lowest BCUT2D eigenvalue weighted by Crippen LogP contribution is -2.54. The molecule has 0 bridgehead atoms. The number of hydrogen-bond acceptors (Lipinski definition) is 4. The number of ether oxygens (including phenoxy) is 2. The second kappa shape index (κ2) is 9.90. The molecular weight excluding hydrogens is 316 g/mol. The first-order valence-electron chi connectivity index (χ1n) is 9.55. The summed E-state index contributed by atoms with van der Waals surface area (Å²) in [6.45, 7) is 4.77. The number of carbonyl (C=O) groups is 1. The van der Waals surface area contributed by atoms with Crippen molar-refractivity contribution < 1.29 is 14.3 Å². The van der Waals surface area contributed by atoms with Crippen molar-refractivity contribution in [2.45, 2.75) is 50.9 Å². The molecule has 2 heterocycles. The summed E-state index contributed by atoms with van der Waals surface area (Å²) in [5, 5.41) is 3.01. The number of carbonyl (C=O) groups excluding carboxylic acids is 1. The summed E-state index contributed by atoms with van der Waals surface area (Å²) in [5.41, 5.74) is 1.16. The van der Waals surface area contributed by atoms with Crippen LogP contribution in [0.4, 0.5) is 0 Å². The van der Waals surface area contributed by atoms with Gasteiger partial charge >= 0.3 is 0 Å². The Morgan fingerprint density at radius 3 is 3.04 bits per heavy atom. The third kappa shape index (κ3) is 6.10. The second-order valence-electron chi connectivity index (χ2n) is 7.05. The van der Waals surface area contributed by atoms with E-state index in [1.807, 2.05) is 30.3 Å². The van der Waals surface area contributed by atoms with Gasteiger partial charge in [-0.1, -0.05) is 36.8 Å². The molecule has 2 fully saturated rings. The largest absolute Gasteiger partial charge is 0.377 e. The molecule has 0 spiro atoms. The average Bonchev–Trinajstić information content (AvgIpc) is 2.67. The maximum atomic E-state index is 12.0. The fraction of sp³-hybridized carbons (Fsp3) is 0.650. The van der Waals surface area contributed by atoms with Crippen molar-refractivity contribution in [2.24, 2.45) is 0 Å². The van der Waals surface area contributed by atoms with Crippen molar-refractivity contribution >= 4 is 5.91 Å². The summed E-state index contributed by atoms with van der Waals surface area (Å²) >= 11 is 0. The van der Waals surface area contributed by atoms with Crippen molar-refractivity contribution in [3.63, 3.8) is 0 Å². The molecule has 0 unspecified atom stereocenters. The zero-order valence-corrected chi connectivity index (χ0v) is 15.0. The molecule has 1 N–H and O–H groups in total. The van der Waals surface area contributed by atoms with E-state index in [2.05, 4.69) is 10.2 Å². The molecule has 0 aliphatic carbocycles. The van der Waals surface area contributed by atoms with E-state index in [4.69, 9.17) is 9.47 Å². The van der Waals surface area contributed by atoms with Crippen molar-refractivity contribution in [1.82, 2.24) is 10.2 Å². The highest BCUT2D eigenvalue weighted by Crippen LogP contribution is 2.21. The van der Waals surface area contributed by atoms with E-state index in [1.165, 1.54) is 25.8 Å². The van der Waals surface area contributed by atoms with Gasteiger partial charge in [-0.2, -0.15) is 0 Å². The van der Waals surface area contributed by atoms with Crippen LogP contribution in [0.5, 0.6) is 0 Å². The number of rotatable bonds is 8. The van der Waals surface area contributed by atoms with Gasteiger partial charge in [0.05, 0.1) is 19.3 Å². The lowest BCUT2D eigenvalue weighted by atomic mass is 10.0. The molecule has 2 atom stereocenters. The maximum Gasteiger partial charge on any atom is 0.220 e. The van der Waals surface area contributed by atoms with Crippen LogP contribution in [0.3, 0.4) is 0 Å². The standard InChI is InChI=1S/C20H30N2O3/c23-20(10-6-12-24-15-17-7-2-1-3-8-17)21-13-19-14-22-11-5-4-9-18(22)16-25-19/h1-3,7-8,18-19H,4-6,9-16H2,(H,21,23)/t18-,19+/m1/s1. The van der Waals surface area contributed by atoms with E-state index in [9.17, 15) is 4.79 Å². The van der Waals surface area contributed by atoms with Gasteiger partial charge in [-0.25, -0.2) is 0 Å². The average molecular weight is 346 g/mol.